The van der Waals surface area contributed by atoms with Crippen LogP contribution in [0.5, 0.6) is 11.5 Å². The lowest BCUT2D eigenvalue weighted by molar-refractivity contribution is -0.124. The van der Waals surface area contributed by atoms with Gasteiger partial charge in [-0.05, 0) is 18.6 Å². The summed E-state index contributed by atoms with van der Waals surface area (Å²) in [5.41, 5.74) is 1.97. The zero-order valence-corrected chi connectivity index (χ0v) is 12.6. The molecule has 0 bridgehead atoms. The molecule has 1 aromatic rings. The fourth-order valence-corrected chi connectivity index (χ4v) is 2.27. The third kappa shape index (κ3) is 4.23. The van der Waals surface area contributed by atoms with E-state index >= 15 is 0 Å². The lowest BCUT2D eigenvalue weighted by atomic mass is 10.1. The van der Waals surface area contributed by atoms with Gasteiger partial charge in [0.15, 0.2) is 11.5 Å². The van der Waals surface area contributed by atoms with Gasteiger partial charge in [-0.2, -0.15) is 0 Å². The van der Waals surface area contributed by atoms with Crippen LogP contribution in [0.4, 0.5) is 0 Å². The Morgan fingerprint density at radius 1 is 1.48 bits per heavy atom. The van der Waals surface area contributed by atoms with E-state index in [0.29, 0.717) is 32.0 Å². The van der Waals surface area contributed by atoms with Gasteiger partial charge >= 0.3 is 0 Å². The first-order valence-corrected chi connectivity index (χ1v) is 7.02. The van der Waals surface area contributed by atoms with E-state index in [-0.39, 0.29) is 5.91 Å². The average molecular weight is 290 g/mol. The normalized spacial score (nSPS) is 15.4. The van der Waals surface area contributed by atoms with E-state index in [9.17, 15) is 4.79 Å². The van der Waals surface area contributed by atoms with Crippen molar-refractivity contribution in [3.63, 3.8) is 0 Å². The van der Waals surface area contributed by atoms with Crippen LogP contribution in [0.3, 0.4) is 0 Å². The van der Waals surface area contributed by atoms with Crippen molar-refractivity contribution in [2.45, 2.75) is 13.5 Å². The SMILES string of the molecule is C=C(C)COc1c(CN2CCNC(=O)C2)cccc1OC. The van der Waals surface area contributed by atoms with Crippen molar-refractivity contribution in [2.75, 3.05) is 33.4 Å². The number of methoxy groups -OCH3 is 1. The van der Waals surface area contributed by atoms with Gasteiger partial charge in [0.05, 0.1) is 13.7 Å². The number of carbonyl (C=O) groups is 1. The van der Waals surface area contributed by atoms with Crippen LogP contribution in [0.25, 0.3) is 0 Å². The van der Waals surface area contributed by atoms with E-state index < -0.39 is 0 Å². The molecule has 0 unspecified atom stereocenters. The fourth-order valence-electron chi connectivity index (χ4n) is 2.27. The number of nitrogens with one attached hydrogen (secondary N) is 1. The number of ether oxygens (including phenoxy) is 2. The van der Waals surface area contributed by atoms with E-state index in [1.54, 1.807) is 7.11 Å². The van der Waals surface area contributed by atoms with Gasteiger partial charge in [-0.25, -0.2) is 0 Å². The molecule has 114 valence electrons. The molecule has 1 amide bonds. The number of benzene rings is 1. The number of carbonyl (C=O) groups excluding carboxylic acids is 1. The summed E-state index contributed by atoms with van der Waals surface area (Å²) < 4.78 is 11.2. The summed E-state index contributed by atoms with van der Waals surface area (Å²) in [7, 11) is 1.63. The topological polar surface area (TPSA) is 50.8 Å². The van der Waals surface area contributed by atoms with Crippen LogP contribution in [0.1, 0.15) is 12.5 Å². The Labute approximate surface area is 125 Å². The molecule has 1 aromatic carbocycles. The smallest absolute Gasteiger partial charge is 0.234 e. The summed E-state index contributed by atoms with van der Waals surface area (Å²) in [4.78, 5) is 13.6. The Morgan fingerprint density at radius 2 is 2.29 bits per heavy atom. The maximum atomic E-state index is 11.5. The van der Waals surface area contributed by atoms with Gasteiger partial charge in [0.1, 0.15) is 6.61 Å². The molecule has 2 rings (SSSR count). The Morgan fingerprint density at radius 3 is 2.95 bits per heavy atom. The lowest BCUT2D eigenvalue weighted by Crippen LogP contribution is -2.47. The van der Waals surface area contributed by atoms with Crippen LogP contribution in [0.15, 0.2) is 30.4 Å². The van der Waals surface area contributed by atoms with Gasteiger partial charge in [-0.15, -0.1) is 0 Å². The predicted octanol–water partition coefficient (Wildman–Crippen LogP) is 1.58. The molecule has 0 aliphatic carbocycles. The summed E-state index contributed by atoms with van der Waals surface area (Å²) in [5.74, 6) is 1.50. The number of amides is 1. The van der Waals surface area contributed by atoms with Gasteiger partial charge in [-0.3, -0.25) is 9.69 Å². The highest BCUT2D eigenvalue weighted by molar-refractivity contribution is 5.78. The summed E-state index contributed by atoms with van der Waals surface area (Å²) in [6.07, 6.45) is 0. The number of hydrogen-bond acceptors (Lipinski definition) is 4. The molecular weight excluding hydrogens is 268 g/mol. The second-order valence-electron chi connectivity index (χ2n) is 5.25. The Bertz CT molecular complexity index is 528. The Balaban J connectivity index is 2.16. The van der Waals surface area contributed by atoms with Crippen LogP contribution in [-0.4, -0.2) is 44.2 Å². The molecule has 21 heavy (non-hydrogen) atoms. The zero-order chi connectivity index (χ0) is 15.2. The van der Waals surface area contributed by atoms with Crippen molar-refractivity contribution in [3.05, 3.63) is 35.9 Å². The van der Waals surface area contributed by atoms with Crippen LogP contribution >= 0.6 is 0 Å². The van der Waals surface area contributed by atoms with Crippen molar-refractivity contribution < 1.29 is 14.3 Å². The lowest BCUT2D eigenvalue weighted by Gasteiger charge is -2.27. The van der Waals surface area contributed by atoms with Crippen LogP contribution in [-0.2, 0) is 11.3 Å². The molecule has 1 aliphatic rings. The molecule has 0 atom stereocenters. The second-order valence-corrected chi connectivity index (χ2v) is 5.25. The minimum atomic E-state index is 0.0635. The number of nitrogens with zero attached hydrogens (tertiary/aromatic N) is 1. The van der Waals surface area contributed by atoms with E-state index in [4.69, 9.17) is 9.47 Å². The first kappa shape index (κ1) is 15.4. The molecule has 1 aliphatic heterocycles. The quantitative estimate of drug-likeness (QED) is 0.808. The maximum Gasteiger partial charge on any atom is 0.234 e. The third-order valence-corrected chi connectivity index (χ3v) is 3.25. The summed E-state index contributed by atoms with van der Waals surface area (Å²) >= 11 is 0. The summed E-state index contributed by atoms with van der Waals surface area (Å²) in [6.45, 7) is 8.82. The van der Waals surface area contributed by atoms with E-state index in [1.807, 2.05) is 25.1 Å². The molecule has 1 fully saturated rings. The highest BCUT2D eigenvalue weighted by atomic mass is 16.5. The van der Waals surface area contributed by atoms with Crippen molar-refractivity contribution in [2.24, 2.45) is 0 Å². The third-order valence-electron chi connectivity index (χ3n) is 3.25. The van der Waals surface area contributed by atoms with Gasteiger partial charge < -0.3 is 14.8 Å². The molecular formula is C16H22N2O3. The van der Waals surface area contributed by atoms with Crippen molar-refractivity contribution >= 4 is 5.91 Å². The summed E-state index contributed by atoms with van der Waals surface area (Å²) in [5, 5.41) is 2.83. The monoisotopic (exact) mass is 290 g/mol. The van der Waals surface area contributed by atoms with Crippen LogP contribution < -0.4 is 14.8 Å². The molecule has 0 spiro atoms. The van der Waals surface area contributed by atoms with Gasteiger partial charge in [0.2, 0.25) is 5.91 Å². The zero-order valence-electron chi connectivity index (χ0n) is 12.6. The molecule has 1 heterocycles. The predicted molar refractivity (Wildman–Crippen MR) is 81.6 cm³/mol. The minimum absolute atomic E-state index is 0.0635. The summed E-state index contributed by atoms with van der Waals surface area (Å²) in [6, 6.07) is 5.81. The van der Waals surface area contributed by atoms with Crippen LogP contribution in [0.2, 0.25) is 0 Å². The minimum Gasteiger partial charge on any atom is -0.493 e. The van der Waals surface area contributed by atoms with E-state index in [2.05, 4.69) is 16.8 Å². The first-order valence-electron chi connectivity index (χ1n) is 7.02. The van der Waals surface area contributed by atoms with Gasteiger partial charge in [-0.1, -0.05) is 18.7 Å². The number of hydrogen-bond donors (Lipinski definition) is 1. The average Bonchev–Trinajstić information content (AvgIpc) is 2.45. The maximum absolute atomic E-state index is 11.5. The molecule has 1 N–H and O–H groups in total. The molecule has 1 saturated heterocycles. The number of para-hydroxylation sites is 1. The number of rotatable bonds is 6. The van der Waals surface area contributed by atoms with Gasteiger partial charge in [0.25, 0.3) is 0 Å². The second kappa shape index (κ2) is 7.13. The molecule has 5 heteroatoms. The van der Waals surface area contributed by atoms with E-state index in [1.165, 1.54) is 0 Å². The molecule has 0 saturated carbocycles. The first-order chi connectivity index (χ1) is 10.1. The Kier molecular flexibility index (Phi) is 5.22. The van der Waals surface area contributed by atoms with Crippen LogP contribution in [0, 0.1) is 0 Å². The highest BCUT2D eigenvalue weighted by Crippen LogP contribution is 2.32. The van der Waals surface area contributed by atoms with E-state index in [0.717, 1.165) is 23.4 Å². The molecule has 0 aromatic heterocycles. The molecule has 0 radical (unpaired) electrons. The standard InChI is InChI=1S/C16H22N2O3/c1-12(2)11-21-16-13(5-4-6-14(16)20-3)9-18-8-7-17-15(19)10-18/h4-6H,1,7-11H2,2-3H3,(H,17,19). The highest BCUT2D eigenvalue weighted by Gasteiger charge is 2.19. The largest absolute Gasteiger partial charge is 0.493 e. The van der Waals surface area contributed by atoms with Crippen molar-refractivity contribution in [1.82, 2.24) is 10.2 Å². The fraction of sp³-hybridized carbons (Fsp3) is 0.438. The molecule has 5 nitrogen and oxygen atoms in total. The van der Waals surface area contributed by atoms with Gasteiger partial charge in [0, 0.05) is 25.2 Å². The van der Waals surface area contributed by atoms with Crippen molar-refractivity contribution in [1.29, 1.82) is 0 Å². The Hall–Kier alpha value is -2.01. The van der Waals surface area contributed by atoms with Crippen molar-refractivity contribution in [3.8, 4) is 11.5 Å². The number of piperazine rings is 1.